The number of nitrogens with zero attached hydrogens (tertiary/aromatic N) is 3. The maximum atomic E-state index is 5.70. The molecule has 1 aromatic heterocycles. The van der Waals surface area contributed by atoms with Crippen LogP contribution in [0.2, 0.25) is 0 Å². The van der Waals surface area contributed by atoms with Gasteiger partial charge in [0.25, 0.3) is 0 Å². The Kier molecular flexibility index (Phi) is 3.16. The number of anilines is 1. The second-order valence-corrected chi connectivity index (χ2v) is 3.45. The fraction of sp³-hybridized carbons (Fsp3) is 0.273. The average Bonchev–Trinajstić information content (AvgIpc) is 2.75. The Hall–Kier alpha value is -1.88. The van der Waals surface area contributed by atoms with Gasteiger partial charge in [0.2, 0.25) is 0 Å². The molecule has 5 nitrogen and oxygen atoms in total. The third-order valence-electron chi connectivity index (χ3n) is 2.21. The molecule has 0 atom stereocenters. The standard InChI is InChI=1S/C11H14N4O/c1-16-6-5-15-8-13-11(14-15)9-3-2-4-10(12)7-9/h2-4,7-8H,5-6,12H2,1H3. The lowest BCUT2D eigenvalue weighted by molar-refractivity contribution is 0.183. The minimum absolute atomic E-state index is 0.625. The molecule has 1 heterocycles. The van der Waals surface area contributed by atoms with Crippen molar-refractivity contribution < 1.29 is 4.74 Å². The Labute approximate surface area is 93.9 Å². The summed E-state index contributed by atoms with van der Waals surface area (Å²) in [7, 11) is 1.66. The van der Waals surface area contributed by atoms with Crippen molar-refractivity contribution in [3.63, 3.8) is 0 Å². The minimum Gasteiger partial charge on any atom is -0.399 e. The Morgan fingerprint density at radius 2 is 2.31 bits per heavy atom. The van der Waals surface area contributed by atoms with E-state index >= 15 is 0 Å². The summed E-state index contributed by atoms with van der Waals surface area (Å²) in [5.74, 6) is 0.684. The van der Waals surface area contributed by atoms with E-state index in [1.807, 2.05) is 24.3 Å². The molecular formula is C11H14N4O. The van der Waals surface area contributed by atoms with Crippen LogP contribution in [0.15, 0.2) is 30.6 Å². The van der Waals surface area contributed by atoms with Gasteiger partial charge >= 0.3 is 0 Å². The summed E-state index contributed by atoms with van der Waals surface area (Å²) < 4.78 is 6.72. The van der Waals surface area contributed by atoms with E-state index in [1.54, 1.807) is 18.1 Å². The number of hydrogen-bond acceptors (Lipinski definition) is 4. The smallest absolute Gasteiger partial charge is 0.181 e. The first kappa shape index (κ1) is 10.6. The van der Waals surface area contributed by atoms with Crippen LogP contribution < -0.4 is 5.73 Å². The van der Waals surface area contributed by atoms with E-state index < -0.39 is 0 Å². The molecule has 1 aromatic carbocycles. The number of methoxy groups -OCH3 is 1. The molecule has 0 aliphatic heterocycles. The average molecular weight is 218 g/mol. The highest BCUT2D eigenvalue weighted by atomic mass is 16.5. The number of benzene rings is 1. The van der Waals surface area contributed by atoms with Crippen LogP contribution in [0, 0.1) is 0 Å². The van der Waals surface area contributed by atoms with Crippen molar-refractivity contribution in [2.75, 3.05) is 19.5 Å². The van der Waals surface area contributed by atoms with Crippen molar-refractivity contribution in [3.8, 4) is 11.4 Å². The van der Waals surface area contributed by atoms with E-state index in [4.69, 9.17) is 10.5 Å². The number of rotatable bonds is 4. The quantitative estimate of drug-likeness (QED) is 0.782. The van der Waals surface area contributed by atoms with Gasteiger partial charge in [-0.15, -0.1) is 0 Å². The molecule has 0 bridgehead atoms. The SMILES string of the molecule is COCCn1cnc(-c2cccc(N)c2)n1. The van der Waals surface area contributed by atoms with Gasteiger partial charge in [0.15, 0.2) is 5.82 Å². The first-order valence-electron chi connectivity index (χ1n) is 5.04. The molecule has 0 radical (unpaired) electrons. The highest BCUT2D eigenvalue weighted by Crippen LogP contribution is 2.16. The second-order valence-electron chi connectivity index (χ2n) is 3.45. The fourth-order valence-electron chi connectivity index (χ4n) is 1.40. The van der Waals surface area contributed by atoms with Gasteiger partial charge in [-0.3, -0.25) is 4.68 Å². The first-order valence-corrected chi connectivity index (χ1v) is 5.04. The van der Waals surface area contributed by atoms with Crippen LogP contribution in [0.3, 0.4) is 0 Å². The molecule has 0 amide bonds. The van der Waals surface area contributed by atoms with E-state index in [1.165, 1.54) is 0 Å². The maximum Gasteiger partial charge on any atom is 0.181 e. The zero-order chi connectivity index (χ0) is 11.4. The molecule has 0 saturated heterocycles. The third-order valence-corrected chi connectivity index (χ3v) is 2.21. The molecule has 0 aliphatic rings. The van der Waals surface area contributed by atoms with Crippen molar-refractivity contribution >= 4 is 5.69 Å². The summed E-state index contributed by atoms with van der Waals surface area (Å²) in [6.45, 7) is 1.32. The highest BCUT2D eigenvalue weighted by Gasteiger charge is 2.03. The first-order chi connectivity index (χ1) is 7.79. The second kappa shape index (κ2) is 4.76. The van der Waals surface area contributed by atoms with E-state index in [2.05, 4.69) is 10.1 Å². The van der Waals surface area contributed by atoms with Gasteiger partial charge in [-0.1, -0.05) is 12.1 Å². The lowest BCUT2D eigenvalue weighted by Gasteiger charge is -1.98. The largest absolute Gasteiger partial charge is 0.399 e. The molecule has 16 heavy (non-hydrogen) atoms. The molecule has 2 aromatic rings. The number of nitrogens with two attached hydrogens (primary N) is 1. The van der Waals surface area contributed by atoms with Crippen LogP contribution in [-0.4, -0.2) is 28.5 Å². The number of nitrogen functional groups attached to an aromatic ring is 1. The number of ether oxygens (including phenoxy) is 1. The molecule has 5 heteroatoms. The summed E-state index contributed by atoms with van der Waals surface area (Å²) in [4.78, 5) is 4.22. The molecular weight excluding hydrogens is 204 g/mol. The van der Waals surface area contributed by atoms with Crippen LogP contribution in [0.1, 0.15) is 0 Å². The zero-order valence-corrected chi connectivity index (χ0v) is 9.13. The van der Waals surface area contributed by atoms with Crippen LogP contribution in [-0.2, 0) is 11.3 Å². The lowest BCUT2D eigenvalue weighted by Crippen LogP contribution is -2.04. The molecule has 2 rings (SSSR count). The van der Waals surface area contributed by atoms with Crippen LogP contribution >= 0.6 is 0 Å². The van der Waals surface area contributed by atoms with Gasteiger partial charge in [-0.05, 0) is 12.1 Å². The van der Waals surface area contributed by atoms with E-state index in [9.17, 15) is 0 Å². The molecule has 0 aliphatic carbocycles. The van der Waals surface area contributed by atoms with Crippen molar-refractivity contribution in [2.45, 2.75) is 6.54 Å². The molecule has 2 N–H and O–H groups in total. The highest BCUT2D eigenvalue weighted by molar-refractivity contribution is 5.60. The predicted octanol–water partition coefficient (Wildman–Crippen LogP) is 1.17. The van der Waals surface area contributed by atoms with Gasteiger partial charge < -0.3 is 10.5 Å². The van der Waals surface area contributed by atoms with Gasteiger partial charge in [0.05, 0.1) is 13.2 Å². The predicted molar refractivity (Wildman–Crippen MR) is 61.7 cm³/mol. The summed E-state index contributed by atoms with van der Waals surface area (Å²) >= 11 is 0. The van der Waals surface area contributed by atoms with Crippen molar-refractivity contribution in [2.24, 2.45) is 0 Å². The lowest BCUT2D eigenvalue weighted by atomic mass is 10.2. The topological polar surface area (TPSA) is 66.0 Å². The molecule has 0 saturated carbocycles. The van der Waals surface area contributed by atoms with E-state index in [0.29, 0.717) is 24.7 Å². The summed E-state index contributed by atoms with van der Waals surface area (Å²) in [5, 5.41) is 4.33. The Morgan fingerprint density at radius 3 is 3.06 bits per heavy atom. The summed E-state index contributed by atoms with van der Waals surface area (Å²) in [6.07, 6.45) is 1.69. The van der Waals surface area contributed by atoms with Gasteiger partial charge in [0, 0.05) is 18.4 Å². The van der Waals surface area contributed by atoms with Crippen LogP contribution in [0.5, 0.6) is 0 Å². The Morgan fingerprint density at radius 1 is 1.44 bits per heavy atom. The molecule has 0 fully saturated rings. The third kappa shape index (κ3) is 2.38. The van der Waals surface area contributed by atoms with Crippen LogP contribution in [0.25, 0.3) is 11.4 Å². The van der Waals surface area contributed by atoms with Crippen molar-refractivity contribution in [1.82, 2.24) is 14.8 Å². The van der Waals surface area contributed by atoms with E-state index in [-0.39, 0.29) is 0 Å². The fourth-order valence-corrected chi connectivity index (χ4v) is 1.40. The van der Waals surface area contributed by atoms with E-state index in [0.717, 1.165) is 5.56 Å². The Bertz CT molecular complexity index is 467. The van der Waals surface area contributed by atoms with Crippen molar-refractivity contribution in [1.29, 1.82) is 0 Å². The van der Waals surface area contributed by atoms with Gasteiger partial charge in [0.1, 0.15) is 6.33 Å². The zero-order valence-electron chi connectivity index (χ0n) is 9.13. The molecule has 0 unspecified atom stereocenters. The normalized spacial score (nSPS) is 10.6. The number of hydrogen-bond donors (Lipinski definition) is 1. The monoisotopic (exact) mass is 218 g/mol. The maximum absolute atomic E-state index is 5.70. The minimum atomic E-state index is 0.625. The summed E-state index contributed by atoms with van der Waals surface area (Å²) in [6, 6.07) is 7.52. The molecule has 84 valence electrons. The van der Waals surface area contributed by atoms with Crippen molar-refractivity contribution in [3.05, 3.63) is 30.6 Å². The van der Waals surface area contributed by atoms with Gasteiger partial charge in [-0.2, -0.15) is 5.10 Å². The van der Waals surface area contributed by atoms with Crippen LogP contribution in [0.4, 0.5) is 5.69 Å². The Balaban J connectivity index is 2.18. The summed E-state index contributed by atoms with van der Waals surface area (Å²) in [5.41, 5.74) is 7.34. The number of aromatic nitrogens is 3. The molecule has 0 spiro atoms. The van der Waals surface area contributed by atoms with Gasteiger partial charge in [-0.25, -0.2) is 4.98 Å².